The van der Waals surface area contributed by atoms with E-state index in [-0.39, 0.29) is 36.2 Å². The zero-order chi connectivity index (χ0) is 37.9. The molecule has 1 aromatic carbocycles. The Balaban J connectivity index is 1.21. The minimum Gasteiger partial charge on any atom is -0.495 e. The monoisotopic (exact) mass is 768 g/mol. The van der Waals surface area contributed by atoms with Crippen molar-refractivity contribution in [2.75, 3.05) is 27.2 Å². The van der Waals surface area contributed by atoms with E-state index in [0.717, 1.165) is 19.3 Å². The lowest BCUT2D eigenvalue weighted by molar-refractivity contribution is -0.134. The molecule has 4 aliphatic rings. The zero-order valence-electron chi connectivity index (χ0n) is 30.5. The minimum absolute atomic E-state index is 0.00908. The molecule has 14 nitrogen and oxygen atoms in total. The second kappa shape index (κ2) is 13.8. The number of sulfonamides is 1. The van der Waals surface area contributed by atoms with Gasteiger partial charge in [-0.25, -0.2) is 18.2 Å². The number of methoxy groups -OCH3 is 1. The van der Waals surface area contributed by atoms with Gasteiger partial charge in [0.2, 0.25) is 15.9 Å². The van der Waals surface area contributed by atoms with E-state index in [1.807, 2.05) is 32.1 Å². The summed E-state index contributed by atoms with van der Waals surface area (Å²) in [7, 11) is -0.732. The number of halogens is 1. The van der Waals surface area contributed by atoms with Crippen molar-refractivity contribution in [3.05, 3.63) is 47.2 Å². The van der Waals surface area contributed by atoms with Crippen LogP contribution in [0.2, 0.25) is 5.02 Å². The van der Waals surface area contributed by atoms with Crippen molar-refractivity contribution in [3.63, 3.8) is 0 Å². The van der Waals surface area contributed by atoms with Crippen LogP contribution in [0.4, 0.5) is 4.79 Å². The fourth-order valence-corrected chi connectivity index (χ4v) is 8.66. The lowest BCUT2D eigenvalue weighted by atomic mass is 10.1. The van der Waals surface area contributed by atoms with Crippen LogP contribution in [0.1, 0.15) is 77.4 Å². The number of carbonyl (C=O) groups excluding carboxylic acids is 3. The van der Waals surface area contributed by atoms with E-state index < -0.39 is 50.3 Å². The molecular formula is C37H45ClN6O8S. The summed E-state index contributed by atoms with van der Waals surface area (Å²) in [5.74, 6) is 0.163. The average molecular weight is 769 g/mol. The van der Waals surface area contributed by atoms with Crippen LogP contribution in [0.5, 0.6) is 11.5 Å². The van der Waals surface area contributed by atoms with Gasteiger partial charge < -0.3 is 29.1 Å². The summed E-state index contributed by atoms with van der Waals surface area (Å²) in [6, 6.07) is 5.47. The second-order valence-corrected chi connectivity index (χ2v) is 17.8. The highest BCUT2D eigenvalue weighted by molar-refractivity contribution is 7.91. The predicted octanol–water partition coefficient (Wildman–Crippen LogP) is 5.16. The van der Waals surface area contributed by atoms with Crippen LogP contribution in [0.3, 0.4) is 0 Å². The fraction of sp³-hybridized carbons (Fsp3) is 0.541. The van der Waals surface area contributed by atoms with Gasteiger partial charge in [0.15, 0.2) is 0 Å². The zero-order valence-corrected chi connectivity index (χ0v) is 32.1. The van der Waals surface area contributed by atoms with E-state index in [1.165, 1.54) is 12.0 Å². The molecule has 2 aliphatic heterocycles. The van der Waals surface area contributed by atoms with Crippen molar-refractivity contribution >= 4 is 50.4 Å². The molecule has 1 saturated heterocycles. The van der Waals surface area contributed by atoms with Crippen molar-refractivity contribution in [1.29, 1.82) is 0 Å². The highest BCUT2D eigenvalue weighted by atomic mass is 35.5. The topological polar surface area (TPSA) is 173 Å². The highest BCUT2D eigenvalue weighted by Crippen LogP contribution is 2.48. The molecule has 0 unspecified atom stereocenters. The molecule has 0 radical (unpaired) electrons. The van der Waals surface area contributed by atoms with E-state index in [0.29, 0.717) is 58.9 Å². The van der Waals surface area contributed by atoms with Crippen LogP contribution in [-0.2, 0) is 19.6 Å². The number of carbonyl (C=O) groups is 3. The molecule has 0 spiro atoms. The van der Waals surface area contributed by atoms with E-state index in [4.69, 9.17) is 30.6 Å². The molecule has 0 bridgehead atoms. The predicted molar refractivity (Wildman–Crippen MR) is 197 cm³/mol. The minimum atomic E-state index is -3.96. The van der Waals surface area contributed by atoms with Crippen molar-refractivity contribution in [3.8, 4) is 22.9 Å². The summed E-state index contributed by atoms with van der Waals surface area (Å²) in [4.78, 5) is 49.8. The van der Waals surface area contributed by atoms with Crippen LogP contribution in [0, 0.1) is 5.92 Å². The van der Waals surface area contributed by atoms with Crippen molar-refractivity contribution < 1.29 is 36.8 Å². The van der Waals surface area contributed by atoms with Gasteiger partial charge in [-0.05, 0) is 57.6 Å². The number of nitrogens with one attached hydrogen (secondary N) is 2. The van der Waals surface area contributed by atoms with Crippen molar-refractivity contribution in [1.82, 2.24) is 30.0 Å². The smallest absolute Gasteiger partial charge is 0.319 e. The van der Waals surface area contributed by atoms with E-state index in [2.05, 4.69) is 15.2 Å². The Morgan fingerprint density at radius 2 is 1.92 bits per heavy atom. The number of rotatable bonds is 8. The van der Waals surface area contributed by atoms with Gasteiger partial charge in [-0.3, -0.25) is 14.3 Å². The Hall–Kier alpha value is -4.37. The molecule has 16 heteroatoms. The van der Waals surface area contributed by atoms with Crippen molar-refractivity contribution in [2.24, 2.45) is 5.92 Å². The first-order valence-electron chi connectivity index (χ1n) is 18.0. The number of benzene rings is 1. The maximum Gasteiger partial charge on any atom is 0.319 e. The molecule has 7 rings (SSSR count). The summed E-state index contributed by atoms with van der Waals surface area (Å²) in [6.07, 6.45) is 6.76. The molecule has 4 heterocycles. The van der Waals surface area contributed by atoms with Crippen LogP contribution < -0.4 is 19.5 Å². The van der Waals surface area contributed by atoms with Crippen LogP contribution >= 0.6 is 11.6 Å². The Morgan fingerprint density at radius 1 is 1.15 bits per heavy atom. The van der Waals surface area contributed by atoms with Gasteiger partial charge in [-0.15, -0.1) is 0 Å². The maximum absolute atomic E-state index is 14.2. The summed E-state index contributed by atoms with van der Waals surface area (Å²) in [6.45, 7) is 6.09. The first-order valence-corrected chi connectivity index (χ1v) is 19.9. The number of urea groups is 1. The SMILES string of the molecule is COc1ccc2c(O[C@H]3C[C@H]4C(=O)N(C)CCCC/C=C\[C@@H]5C[C@@]5(C(=O)NS(=O)(=O)C5(C)CC5)NC(=O)N4C3)cc(-c3cc(C(C)C)on3)nc2c1Cl. The van der Waals surface area contributed by atoms with E-state index in [9.17, 15) is 22.8 Å². The van der Waals surface area contributed by atoms with Crippen LogP contribution in [0.15, 0.2) is 40.9 Å². The van der Waals surface area contributed by atoms with Gasteiger partial charge in [0.05, 0.1) is 29.6 Å². The summed E-state index contributed by atoms with van der Waals surface area (Å²) < 4.78 is 45.1. The molecule has 2 saturated carbocycles. The molecule has 2 N–H and O–H groups in total. The molecule has 4 amide bonds. The summed E-state index contributed by atoms with van der Waals surface area (Å²) in [5.41, 5.74) is -0.144. The number of nitrogens with zero attached hydrogens (tertiary/aromatic N) is 4. The van der Waals surface area contributed by atoms with Crippen LogP contribution in [0.25, 0.3) is 22.3 Å². The molecule has 2 aliphatic carbocycles. The van der Waals surface area contributed by atoms with E-state index in [1.54, 1.807) is 37.1 Å². The average Bonchev–Trinajstić information content (AvgIpc) is 3.89. The number of aromatic nitrogens is 2. The Labute approximate surface area is 313 Å². The Morgan fingerprint density at radius 3 is 2.62 bits per heavy atom. The third-order valence-corrected chi connectivity index (χ3v) is 13.5. The van der Waals surface area contributed by atoms with Gasteiger partial charge in [0.1, 0.15) is 45.7 Å². The Kier molecular flexibility index (Phi) is 9.63. The molecule has 53 heavy (non-hydrogen) atoms. The highest BCUT2D eigenvalue weighted by Gasteiger charge is 2.63. The second-order valence-electron chi connectivity index (χ2n) is 15.2. The number of hydrogen-bond acceptors (Lipinski definition) is 10. The van der Waals surface area contributed by atoms with E-state index >= 15 is 0 Å². The van der Waals surface area contributed by atoms with Crippen LogP contribution in [-0.4, -0.2) is 95.9 Å². The number of amides is 4. The number of fused-ring (bicyclic) bond motifs is 3. The number of likely N-dealkylation sites (N-methyl/N-ethyl adjacent to an activating group) is 1. The number of pyridine rings is 1. The first-order chi connectivity index (χ1) is 25.2. The number of ether oxygens (including phenoxy) is 2. The number of allylic oxidation sites excluding steroid dienone is 1. The van der Waals surface area contributed by atoms with Gasteiger partial charge in [0.25, 0.3) is 5.91 Å². The molecule has 4 atom stereocenters. The fourth-order valence-electron chi connectivity index (χ4n) is 7.06. The Bertz CT molecular complexity index is 2100. The largest absolute Gasteiger partial charge is 0.495 e. The molecule has 2 aromatic heterocycles. The lowest BCUT2D eigenvalue weighted by Gasteiger charge is -2.30. The van der Waals surface area contributed by atoms with Gasteiger partial charge in [0, 0.05) is 49.4 Å². The molecule has 284 valence electrons. The quantitative estimate of drug-likeness (QED) is 0.292. The third kappa shape index (κ3) is 6.93. The van der Waals surface area contributed by atoms with Gasteiger partial charge >= 0.3 is 6.03 Å². The van der Waals surface area contributed by atoms with Gasteiger partial charge in [-0.1, -0.05) is 42.8 Å². The standard InChI is InChI=1S/C37H45ClN6O8S/c1-21(2)29-18-26(41-52-29)25-17-30(24-11-12-28(50-5)31(38)32(24)39-25)51-23-16-27-33(45)43(4)15-9-7-6-8-10-22-19-37(22,40-35(47)44(27)20-23)34(46)42-53(48,49)36(3)13-14-36/h8,10-12,17-18,21-23,27H,6-7,9,13-16,19-20H2,1-5H3,(H,40,47)(H,42,46)/b10-8-/t22-,23+,27+,37-/m1/s1. The number of hydrogen-bond donors (Lipinski definition) is 2. The normalized spacial score (nSPS) is 26.4. The third-order valence-electron chi connectivity index (χ3n) is 11.0. The maximum atomic E-state index is 14.2. The molecule has 3 aromatic rings. The molecular weight excluding hydrogens is 724 g/mol. The first kappa shape index (κ1) is 37.0. The summed E-state index contributed by atoms with van der Waals surface area (Å²) in [5, 5.41) is 7.96. The van der Waals surface area contributed by atoms with Crippen molar-refractivity contribution in [2.45, 2.75) is 94.1 Å². The lowest BCUT2D eigenvalue weighted by Crippen LogP contribution is -2.58. The summed E-state index contributed by atoms with van der Waals surface area (Å²) >= 11 is 6.77. The van der Waals surface area contributed by atoms with Gasteiger partial charge in [-0.2, -0.15) is 0 Å². The molecule has 3 fully saturated rings.